The Hall–Kier alpha value is 1.57. The van der Waals surface area contributed by atoms with Gasteiger partial charge in [-0.05, 0) is 60.2 Å². The van der Waals surface area contributed by atoms with Crippen LogP contribution in [-0.2, 0) is 19.2 Å². The number of hydrogen-bond acceptors (Lipinski definition) is 0. The second kappa shape index (κ2) is 9.16. The van der Waals surface area contributed by atoms with Gasteiger partial charge in [-0.15, -0.1) is 17.2 Å². The molecule has 0 radical (unpaired) electrons. The van der Waals surface area contributed by atoms with E-state index in [1.54, 1.807) is 0 Å². The van der Waals surface area contributed by atoms with Gasteiger partial charge in [0.15, 0.2) is 0 Å². The van der Waals surface area contributed by atoms with Crippen LogP contribution in [0.1, 0.15) is 60.8 Å². The summed E-state index contributed by atoms with van der Waals surface area (Å²) >= 11 is 0.500. The molecule has 4 atom stereocenters. The Kier molecular flexibility index (Phi) is 9.85. The molecule has 1 aliphatic rings. The van der Waals surface area contributed by atoms with Gasteiger partial charge in [-0.25, -0.2) is 0 Å². The molecule has 3 heteroatoms. The number of hydrogen-bond donors (Lipinski definition) is 0. The van der Waals surface area contributed by atoms with E-state index in [1.165, 1.54) is 19.3 Å². The maximum atomic E-state index is 2.48. The van der Waals surface area contributed by atoms with E-state index >= 15 is 0 Å². The Labute approximate surface area is 148 Å². The van der Waals surface area contributed by atoms with Crippen molar-refractivity contribution in [2.75, 3.05) is 13.3 Å². The van der Waals surface area contributed by atoms with Crippen molar-refractivity contribution in [2.24, 2.45) is 16.2 Å². The van der Waals surface area contributed by atoms with E-state index in [-0.39, 0.29) is 0 Å². The molecule has 21 heavy (non-hydrogen) atoms. The summed E-state index contributed by atoms with van der Waals surface area (Å²) in [5, 5.41) is 4.50. The standard InChI is InChI=1S/C16H34P2.2CH3.Ti/c1-14(2,3)16(15(4,5)6)10-12(17-7)9-13(11-16)18-8;;;/h12-13,17-18H,9-11H2,1-8H3;2*1H3;. The van der Waals surface area contributed by atoms with E-state index in [0.717, 1.165) is 28.5 Å². The van der Waals surface area contributed by atoms with Crippen LogP contribution in [0.15, 0.2) is 0 Å². The molecule has 0 aromatic heterocycles. The van der Waals surface area contributed by atoms with Gasteiger partial charge >= 0.3 is 29.6 Å². The van der Waals surface area contributed by atoms with Gasteiger partial charge in [0, 0.05) is 0 Å². The Balaban J connectivity index is 0.00000122. The Morgan fingerprint density at radius 2 is 1.10 bits per heavy atom. The summed E-state index contributed by atoms with van der Waals surface area (Å²) in [6, 6.07) is 0. The number of rotatable bonds is 2. The summed E-state index contributed by atoms with van der Waals surface area (Å²) in [4.78, 5) is 0. The molecule has 0 amide bonds. The normalized spacial score (nSPS) is 27.0. The van der Waals surface area contributed by atoms with Crippen LogP contribution in [0.25, 0.3) is 0 Å². The van der Waals surface area contributed by atoms with Crippen molar-refractivity contribution < 1.29 is 19.2 Å². The quantitative estimate of drug-likeness (QED) is 0.374. The second-order valence-corrected chi connectivity index (χ2v) is 13.0. The van der Waals surface area contributed by atoms with Gasteiger partial charge in [0.05, 0.1) is 0 Å². The summed E-state index contributed by atoms with van der Waals surface area (Å²) in [6.45, 7) is 19.7. The minimum atomic E-state index is 0.418. The first-order valence-electron chi connectivity index (χ1n) is 8.42. The third-order valence-corrected chi connectivity index (χ3v) is 7.96. The molecule has 0 aromatic rings. The van der Waals surface area contributed by atoms with Gasteiger partial charge in [0.25, 0.3) is 0 Å². The minimum absolute atomic E-state index is 0.418. The van der Waals surface area contributed by atoms with Gasteiger partial charge < -0.3 is 0 Å². The van der Waals surface area contributed by atoms with Crippen LogP contribution >= 0.6 is 17.2 Å². The monoisotopic (exact) mass is 366 g/mol. The van der Waals surface area contributed by atoms with Crippen molar-refractivity contribution in [3.63, 3.8) is 0 Å². The van der Waals surface area contributed by atoms with Crippen LogP contribution < -0.4 is 0 Å². The molecule has 0 aromatic carbocycles. The fourth-order valence-electron chi connectivity index (χ4n) is 4.22. The summed E-state index contributed by atoms with van der Waals surface area (Å²) in [7, 11) is 2.25. The van der Waals surface area contributed by atoms with Crippen LogP contribution in [0.4, 0.5) is 0 Å². The first-order valence-corrected chi connectivity index (χ1v) is 14.7. The van der Waals surface area contributed by atoms with Crippen molar-refractivity contribution in [3.8, 4) is 0 Å². The van der Waals surface area contributed by atoms with Crippen LogP contribution in [0.2, 0.25) is 10.5 Å². The van der Waals surface area contributed by atoms with Crippen molar-refractivity contribution >= 4 is 17.2 Å². The zero-order valence-corrected chi connectivity index (χ0v) is 19.8. The molecule has 0 heterocycles. The van der Waals surface area contributed by atoms with E-state index in [4.69, 9.17) is 0 Å². The molecule has 0 saturated heterocycles. The Morgan fingerprint density at radius 1 is 0.810 bits per heavy atom. The fraction of sp³-hybridized carbons (Fsp3) is 1.00. The zero-order chi connectivity index (χ0) is 16.9. The molecule has 126 valence electrons. The fourth-order valence-corrected chi connectivity index (χ4v) is 6.61. The van der Waals surface area contributed by atoms with Crippen LogP contribution in [0, 0.1) is 16.2 Å². The second-order valence-electron chi connectivity index (χ2n) is 8.70. The Bertz CT molecular complexity index is 261. The Morgan fingerprint density at radius 3 is 1.29 bits per heavy atom. The van der Waals surface area contributed by atoms with Gasteiger partial charge in [-0.1, -0.05) is 41.5 Å². The first-order chi connectivity index (χ1) is 9.49. The molecular weight excluding hydrogens is 326 g/mol. The summed E-state index contributed by atoms with van der Waals surface area (Å²) in [5.41, 5.74) is 3.31. The average molecular weight is 366 g/mol. The van der Waals surface area contributed by atoms with Crippen molar-refractivity contribution in [3.05, 3.63) is 0 Å². The molecule has 1 rings (SSSR count). The van der Waals surface area contributed by atoms with Gasteiger partial charge in [0.1, 0.15) is 0 Å². The first kappa shape index (κ1) is 22.6. The topological polar surface area (TPSA) is 0 Å². The van der Waals surface area contributed by atoms with Crippen LogP contribution in [-0.4, -0.2) is 24.6 Å². The molecule has 0 spiro atoms. The van der Waals surface area contributed by atoms with Gasteiger partial charge in [-0.2, -0.15) is 0 Å². The van der Waals surface area contributed by atoms with E-state index in [2.05, 4.69) is 65.3 Å². The molecule has 0 aliphatic heterocycles. The molecule has 1 fully saturated rings. The summed E-state index contributed by atoms with van der Waals surface area (Å²) < 4.78 is 0. The molecule has 1 aliphatic carbocycles. The van der Waals surface area contributed by atoms with Crippen LogP contribution in [0.5, 0.6) is 0 Å². The van der Waals surface area contributed by atoms with Crippen molar-refractivity contribution in [2.45, 2.75) is 82.6 Å². The van der Waals surface area contributed by atoms with Crippen LogP contribution in [0.3, 0.4) is 0 Å². The predicted octanol–water partition coefficient (Wildman–Crippen LogP) is 6.77. The molecule has 0 N–H and O–H groups in total. The summed E-state index contributed by atoms with van der Waals surface area (Å²) in [6.07, 6.45) is 4.41. The van der Waals surface area contributed by atoms with Gasteiger partial charge in [-0.3, -0.25) is 0 Å². The zero-order valence-electron chi connectivity index (χ0n) is 16.3. The maximum absolute atomic E-state index is 2.48. The molecule has 4 unspecified atom stereocenters. The van der Waals surface area contributed by atoms with E-state index in [0.29, 0.717) is 35.4 Å². The SMILES string of the molecule is CPC1CC(PC)CC(C(C)(C)C)(C(C)(C)C)C1.[CH3][Ti][CH3]. The third-order valence-electron chi connectivity index (χ3n) is 5.45. The summed E-state index contributed by atoms with van der Waals surface area (Å²) in [5.74, 6) is 0. The van der Waals surface area contributed by atoms with E-state index in [9.17, 15) is 0 Å². The molecule has 1 saturated carbocycles. The molecule has 0 bridgehead atoms. The molecular formula is C18H40P2Ti. The molecule has 0 nitrogen and oxygen atoms in total. The van der Waals surface area contributed by atoms with E-state index in [1.807, 2.05) is 0 Å². The van der Waals surface area contributed by atoms with Crippen molar-refractivity contribution in [1.29, 1.82) is 0 Å². The van der Waals surface area contributed by atoms with Gasteiger partial charge in [0.2, 0.25) is 0 Å². The van der Waals surface area contributed by atoms with E-state index < -0.39 is 0 Å². The average Bonchev–Trinajstić information content (AvgIpc) is 2.36. The predicted molar refractivity (Wildman–Crippen MR) is 103 cm³/mol. The van der Waals surface area contributed by atoms with Crippen molar-refractivity contribution in [1.82, 2.24) is 0 Å². The third kappa shape index (κ3) is 5.85.